The van der Waals surface area contributed by atoms with Gasteiger partial charge in [0.2, 0.25) is 11.8 Å². The third kappa shape index (κ3) is 4.85. The Morgan fingerprint density at radius 2 is 1.87 bits per heavy atom. The zero-order chi connectivity index (χ0) is 21.8. The molecule has 8 nitrogen and oxygen atoms in total. The lowest BCUT2D eigenvalue weighted by molar-refractivity contribution is -0.145. The maximum absolute atomic E-state index is 12.3. The molecule has 0 aromatic heterocycles. The van der Waals surface area contributed by atoms with Gasteiger partial charge in [-0.1, -0.05) is 30.3 Å². The number of amides is 2. The van der Waals surface area contributed by atoms with Gasteiger partial charge < -0.3 is 10.1 Å². The smallest absolute Gasteiger partial charge is 0.306 e. The number of esters is 1. The van der Waals surface area contributed by atoms with Gasteiger partial charge in [0, 0.05) is 24.1 Å². The van der Waals surface area contributed by atoms with Crippen LogP contribution in [0.5, 0.6) is 0 Å². The predicted octanol–water partition coefficient (Wildman–Crippen LogP) is 2.32. The number of hydrazone groups is 1. The van der Waals surface area contributed by atoms with E-state index in [0.717, 1.165) is 16.8 Å². The molecule has 2 aliphatic heterocycles. The van der Waals surface area contributed by atoms with Crippen molar-refractivity contribution in [2.45, 2.75) is 25.7 Å². The zero-order valence-corrected chi connectivity index (χ0v) is 16.8. The molecule has 8 heteroatoms. The molecule has 0 saturated carbocycles. The molecule has 1 N–H and O–H groups in total. The van der Waals surface area contributed by atoms with Gasteiger partial charge in [0.25, 0.3) is 0 Å². The standard InChI is InChI=1S/C23H21N3O5/c27-20(16-6-7-18-17(12-16)13-21(28)24-18)14-31-23(30)9-8-22(29)26-11-10-19(25-26)15-4-2-1-3-5-15/h1-7,12H,8-11,13-14H2,(H,24,28). The number of hydrogen-bond acceptors (Lipinski definition) is 6. The SMILES string of the molecule is O=C1Cc2cc(C(=O)COC(=O)CCC(=O)N3CCC(c4ccccc4)=N3)ccc2N1. The van der Waals surface area contributed by atoms with Gasteiger partial charge in [0.15, 0.2) is 12.4 Å². The Hall–Kier alpha value is -3.81. The highest BCUT2D eigenvalue weighted by Gasteiger charge is 2.23. The quantitative estimate of drug-likeness (QED) is 0.548. The van der Waals surface area contributed by atoms with Crippen LogP contribution in [0.2, 0.25) is 0 Å². The number of benzene rings is 2. The lowest BCUT2D eigenvalue weighted by atomic mass is 10.1. The Balaban J connectivity index is 1.23. The van der Waals surface area contributed by atoms with Crippen LogP contribution in [0.15, 0.2) is 53.6 Å². The van der Waals surface area contributed by atoms with Gasteiger partial charge in [0.1, 0.15) is 0 Å². The van der Waals surface area contributed by atoms with Crippen LogP contribution in [0.3, 0.4) is 0 Å². The number of carbonyl (C=O) groups is 4. The Bertz CT molecular complexity index is 1080. The molecule has 0 fully saturated rings. The van der Waals surface area contributed by atoms with Crippen molar-refractivity contribution >= 4 is 35.0 Å². The van der Waals surface area contributed by atoms with E-state index in [0.29, 0.717) is 24.2 Å². The third-order valence-corrected chi connectivity index (χ3v) is 5.16. The number of fused-ring (bicyclic) bond motifs is 1. The lowest BCUT2D eigenvalue weighted by Crippen LogP contribution is -2.24. The Labute approximate surface area is 178 Å². The first-order valence-corrected chi connectivity index (χ1v) is 10.0. The van der Waals surface area contributed by atoms with E-state index in [1.807, 2.05) is 30.3 Å². The molecule has 0 bridgehead atoms. The summed E-state index contributed by atoms with van der Waals surface area (Å²) in [5, 5.41) is 8.42. The minimum atomic E-state index is -0.619. The summed E-state index contributed by atoms with van der Waals surface area (Å²) in [7, 11) is 0. The first-order valence-electron chi connectivity index (χ1n) is 10.0. The number of ether oxygens (including phenoxy) is 1. The minimum absolute atomic E-state index is 0.0365. The van der Waals surface area contributed by atoms with Crippen LogP contribution in [-0.2, 0) is 25.5 Å². The van der Waals surface area contributed by atoms with Crippen molar-refractivity contribution in [1.82, 2.24) is 5.01 Å². The molecule has 0 atom stereocenters. The summed E-state index contributed by atoms with van der Waals surface area (Å²) >= 11 is 0. The van der Waals surface area contributed by atoms with E-state index in [1.54, 1.807) is 18.2 Å². The van der Waals surface area contributed by atoms with Crippen LogP contribution in [0, 0.1) is 0 Å². The average Bonchev–Trinajstić information content (AvgIpc) is 3.42. The maximum Gasteiger partial charge on any atom is 0.306 e. The van der Waals surface area contributed by atoms with Gasteiger partial charge in [-0.2, -0.15) is 5.10 Å². The van der Waals surface area contributed by atoms with Crippen LogP contribution in [0.1, 0.15) is 40.7 Å². The summed E-state index contributed by atoms with van der Waals surface area (Å²) in [6, 6.07) is 14.5. The normalized spacial score (nSPS) is 14.6. The molecule has 2 heterocycles. The Morgan fingerprint density at radius 1 is 1.06 bits per heavy atom. The third-order valence-electron chi connectivity index (χ3n) is 5.16. The summed E-state index contributed by atoms with van der Waals surface area (Å²) < 4.78 is 5.02. The highest BCUT2D eigenvalue weighted by atomic mass is 16.5. The number of ketones is 1. The number of carbonyl (C=O) groups excluding carboxylic acids is 4. The number of nitrogens with one attached hydrogen (secondary N) is 1. The van der Waals surface area contributed by atoms with Crippen molar-refractivity contribution in [1.29, 1.82) is 0 Å². The highest BCUT2D eigenvalue weighted by molar-refractivity contribution is 6.03. The summed E-state index contributed by atoms with van der Waals surface area (Å²) in [4.78, 5) is 48.0. The fraction of sp³-hybridized carbons (Fsp3) is 0.261. The van der Waals surface area contributed by atoms with E-state index in [4.69, 9.17) is 4.74 Å². The van der Waals surface area contributed by atoms with Crippen molar-refractivity contribution < 1.29 is 23.9 Å². The van der Waals surface area contributed by atoms with Gasteiger partial charge in [-0.3, -0.25) is 19.2 Å². The second-order valence-corrected chi connectivity index (χ2v) is 7.36. The number of anilines is 1. The molecular formula is C23H21N3O5. The Kier molecular flexibility index (Phi) is 5.88. The molecular weight excluding hydrogens is 398 g/mol. The number of Topliss-reactive ketones (excluding diaryl/α,β-unsaturated/α-hetero) is 1. The first kappa shape index (κ1) is 20.5. The van der Waals surface area contributed by atoms with Crippen LogP contribution < -0.4 is 5.32 Å². The molecule has 2 aromatic rings. The predicted molar refractivity (Wildman–Crippen MR) is 113 cm³/mol. The van der Waals surface area contributed by atoms with Gasteiger partial charge >= 0.3 is 5.97 Å². The number of hydrogen-bond donors (Lipinski definition) is 1. The summed E-state index contributed by atoms with van der Waals surface area (Å²) in [6.07, 6.45) is 0.729. The van der Waals surface area contributed by atoms with Crippen LogP contribution in [-0.4, -0.2) is 47.4 Å². The molecule has 2 aliphatic rings. The fourth-order valence-corrected chi connectivity index (χ4v) is 3.51. The van der Waals surface area contributed by atoms with Crippen molar-refractivity contribution in [2.75, 3.05) is 18.5 Å². The first-order chi connectivity index (χ1) is 15.0. The van der Waals surface area contributed by atoms with Crippen molar-refractivity contribution in [3.05, 3.63) is 65.2 Å². The number of rotatable bonds is 7. The molecule has 0 radical (unpaired) electrons. The molecule has 0 aliphatic carbocycles. The topological polar surface area (TPSA) is 105 Å². The number of nitrogens with zero attached hydrogens (tertiary/aromatic N) is 2. The monoisotopic (exact) mass is 419 g/mol. The molecule has 0 spiro atoms. The zero-order valence-electron chi connectivity index (χ0n) is 16.8. The second-order valence-electron chi connectivity index (χ2n) is 7.36. The van der Waals surface area contributed by atoms with Crippen molar-refractivity contribution in [3.63, 3.8) is 0 Å². The molecule has 4 rings (SSSR count). The van der Waals surface area contributed by atoms with E-state index in [1.165, 1.54) is 5.01 Å². The van der Waals surface area contributed by atoms with Crippen LogP contribution in [0.4, 0.5) is 5.69 Å². The summed E-state index contributed by atoms with van der Waals surface area (Å²) in [5.74, 6) is -1.36. The van der Waals surface area contributed by atoms with E-state index < -0.39 is 12.6 Å². The highest BCUT2D eigenvalue weighted by Crippen LogP contribution is 2.24. The average molecular weight is 419 g/mol. The van der Waals surface area contributed by atoms with E-state index in [9.17, 15) is 19.2 Å². The van der Waals surface area contributed by atoms with Gasteiger partial charge in [-0.05, 0) is 29.3 Å². The molecule has 2 amide bonds. The Morgan fingerprint density at radius 3 is 2.68 bits per heavy atom. The van der Waals surface area contributed by atoms with Gasteiger partial charge in [0.05, 0.1) is 25.1 Å². The van der Waals surface area contributed by atoms with Gasteiger partial charge in [-0.15, -0.1) is 0 Å². The largest absolute Gasteiger partial charge is 0.457 e. The molecule has 2 aromatic carbocycles. The van der Waals surface area contributed by atoms with Crippen LogP contribution in [0.25, 0.3) is 0 Å². The van der Waals surface area contributed by atoms with E-state index in [-0.39, 0.29) is 36.9 Å². The summed E-state index contributed by atoms with van der Waals surface area (Å²) in [6.45, 7) is 0.0689. The molecule has 158 valence electrons. The molecule has 0 unspecified atom stereocenters. The van der Waals surface area contributed by atoms with E-state index in [2.05, 4.69) is 10.4 Å². The van der Waals surface area contributed by atoms with E-state index >= 15 is 0 Å². The maximum atomic E-state index is 12.3. The second kappa shape index (κ2) is 8.91. The lowest BCUT2D eigenvalue weighted by Gasteiger charge is -2.11. The summed E-state index contributed by atoms with van der Waals surface area (Å²) in [5.41, 5.74) is 3.63. The minimum Gasteiger partial charge on any atom is -0.457 e. The van der Waals surface area contributed by atoms with Crippen molar-refractivity contribution in [3.8, 4) is 0 Å². The molecule has 0 saturated heterocycles. The van der Waals surface area contributed by atoms with Crippen LogP contribution >= 0.6 is 0 Å². The molecule has 31 heavy (non-hydrogen) atoms. The fourth-order valence-electron chi connectivity index (χ4n) is 3.51. The van der Waals surface area contributed by atoms with Crippen molar-refractivity contribution in [2.24, 2.45) is 5.10 Å². The van der Waals surface area contributed by atoms with Gasteiger partial charge in [-0.25, -0.2) is 5.01 Å².